The molecule has 0 amide bonds. The Hall–Kier alpha value is -1.84. The molecule has 0 aliphatic heterocycles. The Morgan fingerprint density at radius 3 is 2.58 bits per heavy atom. The number of aromatic amines is 1. The molecular formula is C22H26ClNOS. The molecule has 0 saturated carbocycles. The van der Waals surface area contributed by atoms with Crippen molar-refractivity contribution in [1.29, 1.82) is 0 Å². The maximum atomic E-state index is 11.9. The van der Waals surface area contributed by atoms with Gasteiger partial charge in [-0.25, -0.2) is 0 Å². The van der Waals surface area contributed by atoms with Crippen LogP contribution in [-0.2, 0) is 19.3 Å². The molecule has 2 heterocycles. The molecule has 3 rings (SSSR count). The Labute approximate surface area is 165 Å². The van der Waals surface area contributed by atoms with Gasteiger partial charge in [-0.3, -0.25) is 4.79 Å². The van der Waals surface area contributed by atoms with Gasteiger partial charge in [0.05, 0.1) is 0 Å². The summed E-state index contributed by atoms with van der Waals surface area (Å²) >= 11 is 1.84. The van der Waals surface area contributed by atoms with Gasteiger partial charge in [-0.2, -0.15) is 0 Å². The van der Waals surface area contributed by atoms with Crippen LogP contribution in [0.3, 0.4) is 0 Å². The molecule has 0 atom stereocenters. The van der Waals surface area contributed by atoms with Gasteiger partial charge in [-0.15, -0.1) is 23.7 Å². The van der Waals surface area contributed by atoms with E-state index in [2.05, 4.69) is 54.4 Å². The van der Waals surface area contributed by atoms with E-state index in [9.17, 15) is 4.79 Å². The maximum Gasteiger partial charge on any atom is 0.251 e. The summed E-state index contributed by atoms with van der Waals surface area (Å²) in [6.45, 7) is 6.15. The summed E-state index contributed by atoms with van der Waals surface area (Å²) < 4.78 is 0. The van der Waals surface area contributed by atoms with E-state index in [-0.39, 0.29) is 18.0 Å². The number of pyridine rings is 1. The van der Waals surface area contributed by atoms with Crippen molar-refractivity contribution in [2.45, 2.75) is 46.5 Å². The molecule has 0 fully saturated rings. The number of benzene rings is 1. The van der Waals surface area contributed by atoms with Gasteiger partial charge < -0.3 is 4.98 Å². The molecule has 2 nitrogen and oxygen atoms in total. The minimum absolute atomic E-state index is 0. The van der Waals surface area contributed by atoms with Crippen molar-refractivity contribution in [2.75, 3.05) is 0 Å². The maximum absolute atomic E-state index is 11.9. The summed E-state index contributed by atoms with van der Waals surface area (Å²) in [5, 5.41) is 0. The van der Waals surface area contributed by atoms with Crippen LogP contribution in [0.15, 0.2) is 47.3 Å². The normalized spacial score (nSPS) is 10.6. The zero-order valence-electron chi connectivity index (χ0n) is 15.6. The van der Waals surface area contributed by atoms with Crippen LogP contribution in [0.1, 0.15) is 40.6 Å². The third kappa shape index (κ3) is 4.87. The van der Waals surface area contributed by atoms with Gasteiger partial charge >= 0.3 is 0 Å². The fraction of sp³-hybridized carbons (Fsp3) is 0.318. The number of halogens is 1. The van der Waals surface area contributed by atoms with Crippen molar-refractivity contribution >= 4 is 23.7 Å². The third-order valence-electron chi connectivity index (χ3n) is 4.59. The highest BCUT2D eigenvalue weighted by molar-refractivity contribution is 7.15. The lowest BCUT2D eigenvalue weighted by Crippen LogP contribution is -2.13. The van der Waals surface area contributed by atoms with E-state index in [4.69, 9.17) is 0 Å². The molecule has 0 bridgehead atoms. The first-order chi connectivity index (χ1) is 12.1. The zero-order valence-corrected chi connectivity index (χ0v) is 17.2. The molecule has 0 spiro atoms. The number of hydrogen-bond acceptors (Lipinski definition) is 2. The largest absolute Gasteiger partial charge is 0.326 e. The topological polar surface area (TPSA) is 32.9 Å². The van der Waals surface area contributed by atoms with Crippen LogP contribution in [0.4, 0.5) is 0 Å². The van der Waals surface area contributed by atoms with E-state index in [0.29, 0.717) is 0 Å². The van der Waals surface area contributed by atoms with E-state index in [1.807, 2.05) is 25.2 Å². The molecule has 1 aromatic carbocycles. The fourth-order valence-corrected chi connectivity index (χ4v) is 4.30. The third-order valence-corrected chi connectivity index (χ3v) is 5.77. The van der Waals surface area contributed by atoms with Gasteiger partial charge in [-0.05, 0) is 63.3 Å². The summed E-state index contributed by atoms with van der Waals surface area (Å²) in [7, 11) is 0. The monoisotopic (exact) mass is 387 g/mol. The summed E-state index contributed by atoms with van der Waals surface area (Å²) in [6, 6.07) is 15.2. The van der Waals surface area contributed by atoms with Crippen LogP contribution in [0.25, 0.3) is 10.4 Å². The van der Waals surface area contributed by atoms with E-state index in [1.165, 1.54) is 20.9 Å². The smallest absolute Gasteiger partial charge is 0.251 e. The number of aromatic nitrogens is 1. The molecule has 2 aromatic heterocycles. The van der Waals surface area contributed by atoms with Gasteiger partial charge in [-0.1, -0.05) is 36.8 Å². The lowest BCUT2D eigenvalue weighted by molar-refractivity contribution is 0.830. The highest BCUT2D eigenvalue weighted by atomic mass is 35.5. The SMILES string of the molecule is CCc1cc(-c2ccc(CCCc3cccc(C)c3)s2)c(C)[nH]c1=O.Cl. The van der Waals surface area contributed by atoms with Gasteiger partial charge in [0.15, 0.2) is 0 Å². The van der Waals surface area contributed by atoms with Crippen molar-refractivity contribution < 1.29 is 0 Å². The predicted molar refractivity (Wildman–Crippen MR) is 115 cm³/mol. The Balaban J connectivity index is 0.00000243. The molecule has 0 aliphatic carbocycles. The van der Waals surface area contributed by atoms with Crippen LogP contribution in [-0.4, -0.2) is 4.98 Å². The first-order valence-electron chi connectivity index (χ1n) is 8.94. The summed E-state index contributed by atoms with van der Waals surface area (Å²) in [4.78, 5) is 17.5. The molecule has 0 radical (unpaired) electrons. The number of aryl methyl sites for hydroxylation is 5. The van der Waals surface area contributed by atoms with Crippen molar-refractivity contribution in [3.05, 3.63) is 80.1 Å². The minimum Gasteiger partial charge on any atom is -0.326 e. The Bertz CT molecular complexity index is 926. The van der Waals surface area contributed by atoms with Crippen LogP contribution in [0.5, 0.6) is 0 Å². The number of nitrogens with one attached hydrogen (secondary N) is 1. The molecule has 0 aliphatic rings. The quantitative estimate of drug-likeness (QED) is 0.562. The number of hydrogen-bond donors (Lipinski definition) is 1. The lowest BCUT2D eigenvalue weighted by Gasteiger charge is -2.05. The number of rotatable bonds is 6. The molecule has 0 saturated heterocycles. The van der Waals surface area contributed by atoms with E-state index in [1.54, 1.807) is 0 Å². The molecule has 4 heteroatoms. The summed E-state index contributed by atoms with van der Waals surface area (Å²) in [5.74, 6) is 0. The molecule has 0 unspecified atom stereocenters. The Morgan fingerprint density at radius 1 is 1.04 bits per heavy atom. The van der Waals surface area contributed by atoms with Crippen LogP contribution in [0, 0.1) is 13.8 Å². The lowest BCUT2D eigenvalue weighted by atomic mass is 10.1. The second-order valence-electron chi connectivity index (χ2n) is 6.62. The highest BCUT2D eigenvalue weighted by Gasteiger charge is 2.09. The van der Waals surface area contributed by atoms with Gasteiger partial charge in [0.2, 0.25) is 0 Å². The fourth-order valence-electron chi connectivity index (χ4n) is 3.18. The molecule has 3 aromatic rings. The Morgan fingerprint density at radius 2 is 1.85 bits per heavy atom. The predicted octanol–water partition coefficient (Wildman–Crippen LogP) is 5.88. The van der Waals surface area contributed by atoms with Gasteiger partial charge in [0.1, 0.15) is 0 Å². The first-order valence-corrected chi connectivity index (χ1v) is 9.76. The van der Waals surface area contributed by atoms with Crippen molar-refractivity contribution in [1.82, 2.24) is 4.98 Å². The molecular weight excluding hydrogens is 362 g/mol. The average molecular weight is 388 g/mol. The second kappa shape index (κ2) is 9.20. The van der Waals surface area contributed by atoms with Crippen molar-refractivity contribution in [3.63, 3.8) is 0 Å². The van der Waals surface area contributed by atoms with Gasteiger partial charge in [0.25, 0.3) is 5.56 Å². The highest BCUT2D eigenvalue weighted by Crippen LogP contribution is 2.30. The van der Waals surface area contributed by atoms with Crippen molar-refractivity contribution in [3.8, 4) is 10.4 Å². The number of H-pyrrole nitrogens is 1. The van der Waals surface area contributed by atoms with Crippen molar-refractivity contribution in [2.24, 2.45) is 0 Å². The van der Waals surface area contributed by atoms with Crippen LogP contribution in [0.2, 0.25) is 0 Å². The molecule has 1 N–H and O–H groups in total. The second-order valence-corrected chi connectivity index (χ2v) is 7.79. The molecule has 138 valence electrons. The standard InChI is InChI=1S/C22H25NOS.ClH/c1-4-18-14-20(16(3)23-22(18)24)21-12-11-19(25-21)10-6-9-17-8-5-7-15(2)13-17;/h5,7-8,11-14H,4,6,9-10H2,1-3H3,(H,23,24);1H. The zero-order chi connectivity index (χ0) is 17.8. The summed E-state index contributed by atoms with van der Waals surface area (Å²) in [5.41, 5.74) is 5.76. The van der Waals surface area contributed by atoms with E-state index < -0.39 is 0 Å². The van der Waals surface area contributed by atoms with E-state index >= 15 is 0 Å². The van der Waals surface area contributed by atoms with Crippen LogP contribution >= 0.6 is 23.7 Å². The van der Waals surface area contributed by atoms with E-state index in [0.717, 1.165) is 42.5 Å². The first kappa shape index (κ1) is 20.5. The summed E-state index contributed by atoms with van der Waals surface area (Å²) in [6.07, 6.45) is 4.14. The number of thiophene rings is 1. The molecule has 26 heavy (non-hydrogen) atoms. The van der Waals surface area contributed by atoms with Gasteiger partial charge in [0, 0.05) is 26.6 Å². The minimum atomic E-state index is 0. The van der Waals surface area contributed by atoms with Crippen LogP contribution < -0.4 is 5.56 Å². The Kier molecular flexibility index (Phi) is 7.24. The average Bonchev–Trinajstić information content (AvgIpc) is 3.04.